The average molecular weight is 326 g/mol. The van der Waals surface area contributed by atoms with Crippen LogP contribution in [0.25, 0.3) is 0 Å². The van der Waals surface area contributed by atoms with Crippen molar-refractivity contribution in [1.29, 1.82) is 0 Å². The van der Waals surface area contributed by atoms with Crippen LogP contribution in [0.5, 0.6) is 0 Å². The predicted octanol–water partition coefficient (Wildman–Crippen LogP) is 3.36. The molecule has 0 aliphatic heterocycles. The van der Waals surface area contributed by atoms with E-state index in [4.69, 9.17) is 5.73 Å². The quantitative estimate of drug-likeness (QED) is 0.832. The van der Waals surface area contributed by atoms with E-state index < -0.39 is 0 Å². The zero-order valence-corrected chi connectivity index (χ0v) is 12.4. The molecule has 1 heterocycles. The van der Waals surface area contributed by atoms with Gasteiger partial charge in [0.1, 0.15) is 0 Å². The number of rotatable bonds is 2. The van der Waals surface area contributed by atoms with Crippen molar-refractivity contribution in [3.63, 3.8) is 0 Å². The van der Waals surface area contributed by atoms with E-state index in [-0.39, 0.29) is 5.91 Å². The number of benzene rings is 1. The van der Waals surface area contributed by atoms with Gasteiger partial charge in [-0.15, -0.1) is 11.3 Å². The Balaban J connectivity index is 2.29. The van der Waals surface area contributed by atoms with Crippen molar-refractivity contribution in [2.45, 2.75) is 13.8 Å². The van der Waals surface area contributed by atoms with E-state index in [9.17, 15) is 4.79 Å². The van der Waals surface area contributed by atoms with Gasteiger partial charge in [-0.1, -0.05) is 15.9 Å². The minimum Gasteiger partial charge on any atom is -0.398 e. The molecule has 3 N–H and O–H groups in total. The zero-order valence-electron chi connectivity index (χ0n) is 9.95. The summed E-state index contributed by atoms with van der Waals surface area (Å²) in [4.78, 5) is 16.3. The average Bonchev–Trinajstić information content (AvgIpc) is 2.69. The third kappa shape index (κ3) is 2.70. The van der Waals surface area contributed by atoms with Crippen molar-refractivity contribution >= 4 is 44.0 Å². The van der Waals surface area contributed by atoms with Gasteiger partial charge in [0.15, 0.2) is 5.13 Å². The summed E-state index contributed by atoms with van der Waals surface area (Å²) in [5, 5.41) is 5.25. The SMILES string of the molecule is Cc1csc(NC(=O)c2cc(Br)cc(N)c2C)n1. The number of aromatic nitrogens is 1. The van der Waals surface area contributed by atoms with E-state index in [2.05, 4.69) is 26.2 Å². The molecule has 1 aromatic carbocycles. The molecule has 0 aliphatic rings. The number of nitrogens with zero attached hydrogens (tertiary/aromatic N) is 1. The summed E-state index contributed by atoms with van der Waals surface area (Å²) in [5.74, 6) is -0.199. The Labute approximate surface area is 117 Å². The van der Waals surface area contributed by atoms with Crippen LogP contribution >= 0.6 is 27.3 Å². The molecular weight excluding hydrogens is 314 g/mol. The van der Waals surface area contributed by atoms with Gasteiger partial charge >= 0.3 is 0 Å². The number of hydrogen-bond acceptors (Lipinski definition) is 4. The van der Waals surface area contributed by atoms with Gasteiger partial charge in [-0.3, -0.25) is 10.1 Å². The first-order valence-corrected chi connectivity index (χ1v) is 6.93. The summed E-state index contributed by atoms with van der Waals surface area (Å²) >= 11 is 4.73. The zero-order chi connectivity index (χ0) is 13.3. The van der Waals surface area contributed by atoms with E-state index in [1.165, 1.54) is 11.3 Å². The molecule has 6 heteroatoms. The Kier molecular flexibility index (Phi) is 3.68. The van der Waals surface area contributed by atoms with Gasteiger partial charge in [-0.25, -0.2) is 4.98 Å². The monoisotopic (exact) mass is 325 g/mol. The van der Waals surface area contributed by atoms with Gasteiger partial charge in [0.05, 0.1) is 5.69 Å². The molecule has 94 valence electrons. The maximum atomic E-state index is 12.1. The Morgan fingerprint density at radius 1 is 1.44 bits per heavy atom. The lowest BCUT2D eigenvalue weighted by atomic mass is 10.1. The number of carbonyl (C=O) groups excluding carboxylic acids is 1. The maximum Gasteiger partial charge on any atom is 0.257 e. The molecule has 0 unspecified atom stereocenters. The third-order valence-electron chi connectivity index (χ3n) is 2.50. The minimum atomic E-state index is -0.199. The molecule has 0 radical (unpaired) electrons. The smallest absolute Gasteiger partial charge is 0.257 e. The third-order valence-corrected chi connectivity index (χ3v) is 3.83. The summed E-state index contributed by atoms with van der Waals surface area (Å²) in [5.41, 5.74) is 8.63. The highest BCUT2D eigenvalue weighted by Gasteiger charge is 2.13. The second-order valence-electron chi connectivity index (χ2n) is 3.92. The molecule has 1 amide bonds. The fraction of sp³-hybridized carbons (Fsp3) is 0.167. The van der Waals surface area contributed by atoms with Crippen LogP contribution in [0.15, 0.2) is 22.0 Å². The van der Waals surface area contributed by atoms with Gasteiger partial charge in [0.25, 0.3) is 5.91 Å². The Bertz CT molecular complexity index is 609. The molecule has 0 spiro atoms. The van der Waals surface area contributed by atoms with Gasteiger partial charge < -0.3 is 5.73 Å². The molecule has 2 aromatic rings. The van der Waals surface area contributed by atoms with Crippen LogP contribution in [-0.4, -0.2) is 10.9 Å². The molecule has 0 saturated carbocycles. The highest BCUT2D eigenvalue weighted by atomic mass is 79.9. The molecule has 0 bridgehead atoms. The first kappa shape index (κ1) is 13.0. The number of thiazole rings is 1. The fourth-order valence-electron chi connectivity index (χ4n) is 1.51. The summed E-state index contributed by atoms with van der Waals surface area (Å²) in [6.45, 7) is 3.71. The van der Waals surface area contributed by atoms with Gasteiger partial charge in [0.2, 0.25) is 0 Å². The van der Waals surface area contributed by atoms with Gasteiger partial charge in [-0.05, 0) is 31.5 Å². The van der Waals surface area contributed by atoms with Crippen LogP contribution in [0.3, 0.4) is 0 Å². The second-order valence-corrected chi connectivity index (χ2v) is 5.69. The van der Waals surface area contributed by atoms with Crippen LogP contribution < -0.4 is 11.1 Å². The van der Waals surface area contributed by atoms with Crippen molar-refractivity contribution in [3.8, 4) is 0 Å². The number of amides is 1. The first-order valence-electron chi connectivity index (χ1n) is 5.26. The summed E-state index contributed by atoms with van der Waals surface area (Å²) < 4.78 is 0.783. The number of aryl methyl sites for hydroxylation is 1. The van der Waals surface area contributed by atoms with E-state index in [1.807, 2.05) is 19.2 Å². The summed E-state index contributed by atoms with van der Waals surface area (Å²) in [6, 6.07) is 3.53. The molecule has 1 aromatic heterocycles. The molecule has 18 heavy (non-hydrogen) atoms. The lowest BCUT2D eigenvalue weighted by molar-refractivity contribution is 0.102. The minimum absolute atomic E-state index is 0.199. The number of carbonyl (C=O) groups is 1. The van der Waals surface area contributed by atoms with Crippen molar-refractivity contribution in [3.05, 3.63) is 38.8 Å². The summed E-state index contributed by atoms with van der Waals surface area (Å²) in [7, 11) is 0. The summed E-state index contributed by atoms with van der Waals surface area (Å²) in [6.07, 6.45) is 0. The van der Waals surface area contributed by atoms with Crippen LogP contribution in [0, 0.1) is 13.8 Å². The lowest BCUT2D eigenvalue weighted by Crippen LogP contribution is -2.14. The molecular formula is C12H12BrN3OS. The molecule has 4 nitrogen and oxygen atoms in total. The number of nitrogens with one attached hydrogen (secondary N) is 1. The highest BCUT2D eigenvalue weighted by Crippen LogP contribution is 2.24. The Hall–Kier alpha value is -1.40. The highest BCUT2D eigenvalue weighted by molar-refractivity contribution is 9.10. The molecule has 2 rings (SSSR count). The van der Waals surface area contributed by atoms with Crippen LogP contribution in [-0.2, 0) is 0 Å². The van der Waals surface area contributed by atoms with Crippen molar-refractivity contribution < 1.29 is 4.79 Å². The van der Waals surface area contributed by atoms with E-state index in [0.29, 0.717) is 16.4 Å². The molecule has 0 saturated heterocycles. The van der Waals surface area contributed by atoms with Crippen molar-refractivity contribution in [2.75, 3.05) is 11.1 Å². The molecule has 0 atom stereocenters. The number of nitrogens with two attached hydrogens (primary N) is 1. The van der Waals surface area contributed by atoms with E-state index in [1.54, 1.807) is 12.1 Å². The van der Waals surface area contributed by atoms with Gasteiger partial charge in [0, 0.05) is 21.1 Å². The van der Waals surface area contributed by atoms with E-state index in [0.717, 1.165) is 15.7 Å². The number of hydrogen-bond donors (Lipinski definition) is 2. The lowest BCUT2D eigenvalue weighted by Gasteiger charge is -2.08. The largest absolute Gasteiger partial charge is 0.398 e. The Morgan fingerprint density at radius 2 is 2.17 bits per heavy atom. The fourth-order valence-corrected chi connectivity index (χ4v) is 2.67. The van der Waals surface area contributed by atoms with Crippen LogP contribution in [0.4, 0.5) is 10.8 Å². The number of nitrogen functional groups attached to an aromatic ring is 1. The normalized spacial score (nSPS) is 10.4. The topological polar surface area (TPSA) is 68.0 Å². The molecule has 0 fully saturated rings. The van der Waals surface area contributed by atoms with Crippen LogP contribution in [0.1, 0.15) is 21.6 Å². The van der Waals surface area contributed by atoms with Crippen LogP contribution in [0.2, 0.25) is 0 Å². The Morgan fingerprint density at radius 3 is 2.78 bits per heavy atom. The maximum absolute atomic E-state index is 12.1. The number of anilines is 2. The van der Waals surface area contributed by atoms with Crippen molar-refractivity contribution in [2.24, 2.45) is 0 Å². The van der Waals surface area contributed by atoms with Crippen molar-refractivity contribution in [1.82, 2.24) is 4.98 Å². The number of halogens is 1. The van der Waals surface area contributed by atoms with E-state index >= 15 is 0 Å². The standard InChI is InChI=1S/C12H12BrN3OS/c1-6-5-18-12(15-6)16-11(17)9-3-8(13)4-10(14)7(9)2/h3-5H,14H2,1-2H3,(H,15,16,17). The van der Waals surface area contributed by atoms with Gasteiger partial charge in [-0.2, -0.15) is 0 Å². The predicted molar refractivity (Wildman–Crippen MR) is 78.1 cm³/mol. The first-order chi connectivity index (χ1) is 8.47. The second kappa shape index (κ2) is 5.07. The molecule has 0 aliphatic carbocycles.